The lowest BCUT2D eigenvalue weighted by Crippen LogP contribution is -2.34. The normalized spacial score (nSPS) is 51.9. The molecule has 35 rings (SSSR count). The molecule has 56 atom stereocenters. The van der Waals surface area contributed by atoms with Crippen molar-refractivity contribution < 1.29 is 4.74 Å². The van der Waals surface area contributed by atoms with Crippen molar-refractivity contribution in [2.75, 3.05) is 6.61 Å². The van der Waals surface area contributed by atoms with E-state index < -0.39 is 0 Å². The van der Waals surface area contributed by atoms with Crippen LogP contribution in [0.5, 0.6) is 0 Å². The van der Waals surface area contributed by atoms with E-state index in [0.717, 1.165) is 362 Å². The average molecular weight is 2030 g/mol. The second-order valence-corrected chi connectivity index (χ2v) is 64.0. The number of hydrogen-bond acceptors (Lipinski definition) is 1. The Hall–Kier alpha value is -2.54. The van der Waals surface area contributed by atoms with Crippen molar-refractivity contribution in [2.45, 2.75) is 458 Å². The van der Waals surface area contributed by atoms with Crippen LogP contribution in [0.2, 0.25) is 0 Å². The van der Waals surface area contributed by atoms with Crippen molar-refractivity contribution >= 4 is 0 Å². The molecule has 0 saturated heterocycles. The third kappa shape index (κ3) is 19.4. The fourth-order valence-electron chi connectivity index (χ4n) is 53.4. The molecule has 0 aromatic heterocycles. The Morgan fingerprint density at radius 2 is 0.407 bits per heavy atom. The molecule has 35 aliphatic carbocycles. The molecule has 56 unspecified atom stereocenters. The van der Waals surface area contributed by atoms with Gasteiger partial charge in [0.25, 0.3) is 0 Å². The van der Waals surface area contributed by atoms with E-state index in [1.165, 1.54) is 225 Å². The van der Waals surface area contributed by atoms with Crippen molar-refractivity contribution in [1.82, 2.24) is 0 Å². The van der Waals surface area contributed by atoms with E-state index in [1.54, 1.807) is 199 Å². The lowest BCUT2D eigenvalue weighted by molar-refractivity contribution is 0.0806. The molecule has 0 N–H and O–H groups in total. The number of ether oxygens (including phenoxy) is 1. The molecule has 1 heteroatoms. The number of hydrogen-bond donors (Lipinski definition) is 0. The molecule has 0 radical (unpaired) electrons. The predicted molar refractivity (Wildman–Crippen MR) is 627 cm³/mol. The predicted octanol–water partition coefficient (Wildman–Crippen LogP) is 40.5. The van der Waals surface area contributed by atoms with E-state index >= 15 is 0 Å². The summed E-state index contributed by atoms with van der Waals surface area (Å²) in [6.07, 6.45) is 143. The van der Waals surface area contributed by atoms with Crippen LogP contribution in [0.15, 0.2) is 110 Å². The van der Waals surface area contributed by atoms with Crippen LogP contribution in [-0.4, -0.2) is 6.61 Å². The van der Waals surface area contributed by atoms with Crippen LogP contribution >= 0.6 is 0 Å². The van der Waals surface area contributed by atoms with Gasteiger partial charge in [0, 0.05) is 0 Å². The number of unbranched alkanes of at least 4 members (excludes halogenated alkanes) is 16. The molecule has 0 spiro atoms. The largest absolute Gasteiger partial charge is 0.499 e. The van der Waals surface area contributed by atoms with Crippen LogP contribution in [0.4, 0.5) is 0 Å². The maximum atomic E-state index is 5.69. The topological polar surface area (TPSA) is 9.23 Å². The van der Waals surface area contributed by atoms with Gasteiger partial charge < -0.3 is 4.74 Å². The van der Waals surface area contributed by atoms with Crippen molar-refractivity contribution in [2.24, 2.45) is 349 Å². The first kappa shape index (κ1) is 104. The van der Waals surface area contributed by atoms with Gasteiger partial charge in [0.2, 0.25) is 0 Å². The molecule has 0 heterocycles. The van der Waals surface area contributed by atoms with Gasteiger partial charge >= 0.3 is 0 Å². The van der Waals surface area contributed by atoms with Gasteiger partial charge in [-0.15, -0.1) is 0 Å². The molecule has 0 aromatic rings. The van der Waals surface area contributed by atoms with E-state index in [1.807, 2.05) is 6.92 Å². The second kappa shape index (κ2) is 45.3. The van der Waals surface area contributed by atoms with Gasteiger partial charge in [0.05, 0.1) is 12.4 Å². The molecule has 32 bridgehead atoms. The van der Waals surface area contributed by atoms with Crippen LogP contribution in [0.25, 0.3) is 0 Å². The van der Waals surface area contributed by atoms with Crippen molar-refractivity contribution in [3.63, 3.8) is 0 Å². The van der Waals surface area contributed by atoms with E-state index in [0.29, 0.717) is 0 Å². The zero-order valence-corrected chi connectivity index (χ0v) is 97.3. The minimum Gasteiger partial charge on any atom is -0.499 e. The summed E-state index contributed by atoms with van der Waals surface area (Å²) in [7, 11) is 0. The summed E-state index contributed by atoms with van der Waals surface area (Å²) >= 11 is 0. The number of fused-ring (bicyclic) bond motifs is 72. The number of rotatable bonds is 33. The lowest BCUT2D eigenvalue weighted by atomic mass is 9.64. The van der Waals surface area contributed by atoms with Gasteiger partial charge in [0.1, 0.15) is 0 Å². The van der Waals surface area contributed by atoms with Gasteiger partial charge in [-0.2, -0.15) is 0 Å². The summed E-state index contributed by atoms with van der Waals surface area (Å²) in [5.41, 5.74) is 0. The SMILES string of the molecule is C1=CC2CC1C1C3CC(C4CCCCC4)C(C3)C21.C1=CC2CC1C1C3CC(CC4CCCCC4)C(C3)C21.C1=CC2CC1C1C3CC(CCC4CCCCC4)C(C3)C21.C=C(C)OCC1CC2CC1C1C3C=CC(C3)C21.CCCCC1CC2CC1C1C3C=CC(C3)C21.CCCCCCC1CC2CC1C1C3C=CC(C3)C21.CCCCCCCCC1CC2CC1C1C3C=CC(C3)C21.CCCCCCCCCCC1CC2CC1C1C3C=CC(C3)C21. The lowest BCUT2D eigenvalue weighted by Gasteiger charge is -2.41. The Balaban J connectivity index is 0.0000000824. The smallest absolute Gasteiger partial charge is 0.0907 e. The molecular formula is C149H226O. The summed E-state index contributed by atoms with van der Waals surface area (Å²) < 4.78 is 5.69. The van der Waals surface area contributed by atoms with E-state index in [4.69, 9.17) is 4.74 Å². The fourth-order valence-corrected chi connectivity index (χ4v) is 53.4. The molecule has 0 aromatic carbocycles. The first-order valence-electron chi connectivity index (χ1n) is 70.7. The Morgan fingerprint density at radius 1 is 0.187 bits per heavy atom. The molecule has 0 amide bonds. The molecule has 27 saturated carbocycles. The van der Waals surface area contributed by atoms with Crippen LogP contribution in [0, 0.1) is 349 Å². The highest BCUT2D eigenvalue weighted by atomic mass is 16.5. The number of allylic oxidation sites excluding steroid dienone is 17. The zero-order valence-electron chi connectivity index (χ0n) is 97.3. The Bertz CT molecular complexity index is 4720. The van der Waals surface area contributed by atoms with Gasteiger partial charge in [-0.3, -0.25) is 0 Å². The maximum Gasteiger partial charge on any atom is 0.0907 e. The average Bonchev–Trinajstić information content (AvgIpc) is 2.34. The quantitative estimate of drug-likeness (QED) is 0.0275. The highest BCUT2D eigenvalue weighted by Gasteiger charge is 2.70. The van der Waals surface area contributed by atoms with Gasteiger partial charge in [0.15, 0.2) is 0 Å². The van der Waals surface area contributed by atoms with Crippen LogP contribution in [-0.2, 0) is 4.74 Å². The maximum absolute atomic E-state index is 5.69. The molecular weight excluding hydrogens is 1810 g/mol. The Morgan fingerprint density at radius 3 is 0.720 bits per heavy atom. The fraction of sp³-hybridized carbons (Fsp3) is 0.879. The van der Waals surface area contributed by atoms with Gasteiger partial charge in [-0.1, -0.05) is 388 Å². The monoisotopic (exact) mass is 2030 g/mol. The zero-order chi connectivity index (χ0) is 100. The Labute approximate surface area is 921 Å². The van der Waals surface area contributed by atoms with Crippen LogP contribution in [0.3, 0.4) is 0 Å². The van der Waals surface area contributed by atoms with Crippen LogP contribution in [0.1, 0.15) is 458 Å². The summed E-state index contributed by atoms with van der Waals surface area (Å²) in [5, 5.41) is 0. The minimum absolute atomic E-state index is 0.825. The summed E-state index contributed by atoms with van der Waals surface area (Å²) in [4.78, 5) is 0. The van der Waals surface area contributed by atoms with Crippen molar-refractivity contribution in [3.05, 3.63) is 110 Å². The highest BCUT2D eigenvalue weighted by Crippen LogP contribution is 2.77. The summed E-state index contributed by atoms with van der Waals surface area (Å²) in [6, 6.07) is 0. The third-order valence-corrected chi connectivity index (χ3v) is 57.7. The molecule has 35 aliphatic rings. The molecule has 150 heavy (non-hydrogen) atoms. The highest BCUT2D eigenvalue weighted by molar-refractivity contribution is 5.29. The van der Waals surface area contributed by atoms with Crippen LogP contribution < -0.4 is 0 Å². The van der Waals surface area contributed by atoms with E-state index in [2.05, 4.69) is 131 Å². The molecule has 0 aliphatic heterocycles. The molecule has 828 valence electrons. The minimum atomic E-state index is 0.825. The third-order valence-electron chi connectivity index (χ3n) is 57.7. The van der Waals surface area contributed by atoms with Crippen molar-refractivity contribution in [1.29, 1.82) is 0 Å². The second-order valence-electron chi connectivity index (χ2n) is 64.0. The van der Waals surface area contributed by atoms with Gasteiger partial charge in [-0.25, -0.2) is 0 Å². The van der Waals surface area contributed by atoms with E-state index in [9.17, 15) is 0 Å². The summed E-state index contributed by atoms with van der Waals surface area (Å²) in [6.45, 7) is 16.0. The first-order chi connectivity index (χ1) is 74.0. The molecule has 27 fully saturated rings. The Kier molecular flexibility index (Phi) is 31.4. The first-order valence-corrected chi connectivity index (χ1v) is 70.7. The molecule has 1 nitrogen and oxygen atoms in total. The van der Waals surface area contributed by atoms with Crippen molar-refractivity contribution in [3.8, 4) is 0 Å². The standard InChI is InChI=1S/C22H36.C20H30.C20H32.C19H28.C18H26.C18H28.C16H22O.C16H24/c1-2-3-4-5-6-7-8-9-10-16-13-19-15-20(16)22-18-12-11-17(14-18)21(19)22;1-2-4-13(5-3-1)6-7-14-10-17-12-18(14)20-16-9-8-15(11-16)19(17)20;1-2-3-4-5-6-7-8-14-11-17-13-18(14)20-16-10-9-15(12-16)19(17)20;1-2-4-12(5-3-1)8-15-10-16-11-17(15)19-14-7-6-13(9-14)18(16)19;1-2-4-11(5-3-1)15-9-14-10-16(15)18-13-7-6-12(8-13)17(14)18;1-2-3-4-5-6-12-9-15-11-16(12)18-14-8-7-13(10-14)17(15)18;1-9(2)17-8-13-6-12-7-14(13)16-11-4-3-10(5-11)15(12)16;1-2-3-4-10-7-13-9-14(10)16-12-6-5-11(8-12)15(13)16/h11-12,16-22H,2-10,13-15H2,1H3;8-9,13-20H,1-7,10-12H2;9-10,14-20H,2-8,11-13H2,1H3;6-7,12-19H,1-5,8-11H2;6-7,11-18H,1-5,8-10H2;7-8,12-18H,2-6,9-11H2,1H3;3-4,10-16H,1,5-8H2,2H3;5-6,10-16H,2-4,7-9H2,1H3. The van der Waals surface area contributed by atoms with E-state index in [-0.39, 0.29) is 0 Å². The summed E-state index contributed by atoms with van der Waals surface area (Å²) in [5.74, 6) is 65.0. The van der Waals surface area contributed by atoms with Gasteiger partial charge in [-0.05, 0) is 523 Å².